The summed E-state index contributed by atoms with van der Waals surface area (Å²) < 4.78 is 0. The first-order valence-electron chi connectivity index (χ1n) is 7.18. The van der Waals surface area contributed by atoms with Gasteiger partial charge in [0.2, 0.25) is 0 Å². The number of carboxylic acids is 1. The Hall–Kier alpha value is -1.51. The molecule has 1 aromatic rings. The highest BCUT2D eigenvalue weighted by Gasteiger charge is 2.25. The number of rotatable bonds is 4. The minimum absolute atomic E-state index is 0.405. The summed E-state index contributed by atoms with van der Waals surface area (Å²) in [7, 11) is 2.03. The van der Waals surface area contributed by atoms with Gasteiger partial charge in [-0.2, -0.15) is 0 Å². The second-order valence-electron chi connectivity index (χ2n) is 5.52. The van der Waals surface area contributed by atoms with Gasteiger partial charge in [0.05, 0.1) is 11.3 Å². The third kappa shape index (κ3) is 3.09. The monoisotopic (exact) mass is 261 g/mol. The minimum Gasteiger partial charge on any atom is -0.478 e. The number of nitrogens with zero attached hydrogens (tertiary/aromatic N) is 1. The van der Waals surface area contributed by atoms with Crippen LogP contribution in [0.15, 0.2) is 24.3 Å². The topological polar surface area (TPSA) is 40.5 Å². The van der Waals surface area contributed by atoms with Crippen LogP contribution in [0, 0.1) is 5.92 Å². The Bertz CT molecular complexity index is 436. The normalized spacial score (nSPS) is 23.1. The average molecular weight is 261 g/mol. The molecule has 0 radical (unpaired) electrons. The van der Waals surface area contributed by atoms with E-state index in [1.807, 2.05) is 19.2 Å². The van der Waals surface area contributed by atoms with E-state index in [4.69, 9.17) is 0 Å². The zero-order valence-corrected chi connectivity index (χ0v) is 11.8. The van der Waals surface area contributed by atoms with Crippen molar-refractivity contribution in [2.24, 2.45) is 5.92 Å². The molecule has 19 heavy (non-hydrogen) atoms. The zero-order chi connectivity index (χ0) is 13.8. The van der Waals surface area contributed by atoms with Crippen LogP contribution in [0.3, 0.4) is 0 Å². The highest BCUT2D eigenvalue weighted by molar-refractivity contribution is 5.94. The van der Waals surface area contributed by atoms with Gasteiger partial charge in [-0.25, -0.2) is 4.79 Å². The van der Waals surface area contributed by atoms with Crippen LogP contribution >= 0.6 is 0 Å². The van der Waals surface area contributed by atoms with Gasteiger partial charge >= 0.3 is 5.97 Å². The van der Waals surface area contributed by atoms with Gasteiger partial charge in [-0.3, -0.25) is 0 Å². The van der Waals surface area contributed by atoms with Crippen LogP contribution in [0.25, 0.3) is 0 Å². The lowest BCUT2D eigenvalue weighted by Crippen LogP contribution is -2.36. The molecule has 3 heteroatoms. The highest BCUT2D eigenvalue weighted by atomic mass is 16.4. The molecule has 0 atom stereocenters. The summed E-state index contributed by atoms with van der Waals surface area (Å²) in [6.45, 7) is 2.26. The summed E-state index contributed by atoms with van der Waals surface area (Å²) in [5.74, 6) is 0.0176. The zero-order valence-electron chi connectivity index (χ0n) is 11.8. The van der Waals surface area contributed by atoms with Crippen LogP contribution in [0.2, 0.25) is 0 Å². The summed E-state index contributed by atoms with van der Waals surface area (Å²) in [5.41, 5.74) is 1.25. The molecule has 1 aromatic carbocycles. The Morgan fingerprint density at radius 2 is 1.89 bits per heavy atom. The molecule has 0 heterocycles. The second kappa shape index (κ2) is 6.09. The largest absolute Gasteiger partial charge is 0.478 e. The molecule has 1 aliphatic rings. The Kier molecular flexibility index (Phi) is 4.46. The van der Waals surface area contributed by atoms with Crippen LogP contribution in [-0.4, -0.2) is 24.2 Å². The quantitative estimate of drug-likeness (QED) is 0.896. The van der Waals surface area contributed by atoms with E-state index < -0.39 is 5.97 Å². The molecule has 0 amide bonds. The predicted molar refractivity (Wildman–Crippen MR) is 77.8 cm³/mol. The molecular formula is C16H23NO2. The SMILES string of the molecule is CCC1CCC(N(C)c2ccccc2C(=O)O)CC1. The van der Waals surface area contributed by atoms with Gasteiger partial charge in [-0.1, -0.05) is 25.5 Å². The molecule has 0 aliphatic heterocycles. The molecule has 3 nitrogen and oxygen atoms in total. The number of carbonyl (C=O) groups is 1. The number of anilines is 1. The fourth-order valence-electron chi connectivity index (χ4n) is 3.10. The minimum atomic E-state index is -0.843. The fraction of sp³-hybridized carbons (Fsp3) is 0.562. The van der Waals surface area contributed by atoms with Gasteiger partial charge in [-0.05, 0) is 43.7 Å². The lowest BCUT2D eigenvalue weighted by atomic mass is 9.84. The summed E-state index contributed by atoms with van der Waals surface area (Å²) in [4.78, 5) is 13.4. The van der Waals surface area contributed by atoms with Crippen molar-refractivity contribution < 1.29 is 9.90 Å². The van der Waals surface area contributed by atoms with Gasteiger partial charge in [0.1, 0.15) is 0 Å². The third-order valence-corrected chi connectivity index (χ3v) is 4.46. The van der Waals surface area contributed by atoms with Gasteiger partial charge in [0.15, 0.2) is 0 Å². The first-order chi connectivity index (χ1) is 9.13. The van der Waals surface area contributed by atoms with Gasteiger partial charge in [0.25, 0.3) is 0 Å². The number of hydrogen-bond donors (Lipinski definition) is 1. The number of hydrogen-bond acceptors (Lipinski definition) is 2. The molecule has 1 saturated carbocycles. The highest BCUT2D eigenvalue weighted by Crippen LogP contribution is 2.32. The van der Waals surface area contributed by atoms with Crippen molar-refractivity contribution in [2.45, 2.75) is 45.1 Å². The first-order valence-corrected chi connectivity index (χ1v) is 7.18. The fourth-order valence-corrected chi connectivity index (χ4v) is 3.10. The Morgan fingerprint density at radius 1 is 1.26 bits per heavy atom. The Labute approximate surface area is 115 Å². The molecule has 1 fully saturated rings. The predicted octanol–water partition coefficient (Wildman–Crippen LogP) is 3.79. The van der Waals surface area contributed by atoms with E-state index in [-0.39, 0.29) is 0 Å². The molecule has 2 rings (SSSR count). The van der Waals surface area contributed by atoms with E-state index in [1.165, 1.54) is 32.1 Å². The standard InChI is InChI=1S/C16H23NO2/c1-3-12-8-10-13(11-9-12)17(2)15-7-5-4-6-14(15)16(18)19/h4-7,12-13H,3,8-11H2,1-2H3,(H,18,19). The van der Waals surface area contributed by atoms with Crippen molar-refractivity contribution in [3.05, 3.63) is 29.8 Å². The molecule has 0 aromatic heterocycles. The van der Waals surface area contributed by atoms with Crippen LogP contribution in [0.1, 0.15) is 49.4 Å². The lowest BCUT2D eigenvalue weighted by Gasteiger charge is -2.36. The number of para-hydroxylation sites is 1. The van der Waals surface area contributed by atoms with Crippen LogP contribution in [-0.2, 0) is 0 Å². The first kappa shape index (κ1) is 13.9. The smallest absolute Gasteiger partial charge is 0.337 e. The molecule has 1 aliphatic carbocycles. The maximum Gasteiger partial charge on any atom is 0.337 e. The molecule has 1 N–H and O–H groups in total. The number of benzene rings is 1. The van der Waals surface area contributed by atoms with Crippen molar-refractivity contribution in [2.75, 3.05) is 11.9 Å². The van der Waals surface area contributed by atoms with E-state index >= 15 is 0 Å². The van der Waals surface area contributed by atoms with Gasteiger partial charge in [-0.15, -0.1) is 0 Å². The maximum atomic E-state index is 11.3. The summed E-state index contributed by atoms with van der Waals surface area (Å²) in [6.07, 6.45) is 6.13. The summed E-state index contributed by atoms with van der Waals surface area (Å²) in [6, 6.07) is 7.77. The van der Waals surface area contributed by atoms with E-state index in [1.54, 1.807) is 12.1 Å². The maximum absolute atomic E-state index is 11.3. The lowest BCUT2D eigenvalue weighted by molar-refractivity contribution is 0.0697. The molecule has 0 spiro atoms. The second-order valence-corrected chi connectivity index (χ2v) is 5.52. The summed E-state index contributed by atoms with van der Waals surface area (Å²) in [5, 5.41) is 9.27. The average Bonchev–Trinajstić information content (AvgIpc) is 2.46. The van der Waals surface area contributed by atoms with Crippen molar-refractivity contribution in [3.8, 4) is 0 Å². The number of aromatic carboxylic acids is 1. The molecule has 104 valence electrons. The van der Waals surface area contributed by atoms with E-state index in [0.717, 1.165) is 11.6 Å². The van der Waals surface area contributed by atoms with Crippen LogP contribution in [0.5, 0.6) is 0 Å². The van der Waals surface area contributed by atoms with E-state index in [9.17, 15) is 9.90 Å². The van der Waals surface area contributed by atoms with Gasteiger partial charge in [0, 0.05) is 13.1 Å². The molecular weight excluding hydrogens is 238 g/mol. The molecule has 0 saturated heterocycles. The van der Waals surface area contributed by atoms with Crippen molar-refractivity contribution in [3.63, 3.8) is 0 Å². The van der Waals surface area contributed by atoms with Crippen molar-refractivity contribution in [1.82, 2.24) is 0 Å². The van der Waals surface area contributed by atoms with Crippen molar-refractivity contribution in [1.29, 1.82) is 0 Å². The molecule has 0 unspecified atom stereocenters. The Morgan fingerprint density at radius 3 is 2.47 bits per heavy atom. The molecule has 0 bridgehead atoms. The number of carboxylic acid groups (broad SMARTS) is 1. The third-order valence-electron chi connectivity index (χ3n) is 4.46. The Balaban J connectivity index is 2.12. The van der Waals surface area contributed by atoms with E-state index in [0.29, 0.717) is 11.6 Å². The van der Waals surface area contributed by atoms with Crippen LogP contribution in [0.4, 0.5) is 5.69 Å². The van der Waals surface area contributed by atoms with Crippen molar-refractivity contribution >= 4 is 11.7 Å². The van der Waals surface area contributed by atoms with Crippen LogP contribution < -0.4 is 4.90 Å². The van der Waals surface area contributed by atoms with Gasteiger partial charge < -0.3 is 10.0 Å². The summed E-state index contributed by atoms with van der Waals surface area (Å²) >= 11 is 0. The van der Waals surface area contributed by atoms with E-state index in [2.05, 4.69) is 11.8 Å².